The zero-order valence-corrected chi connectivity index (χ0v) is 12.0. The number of carbonyl (C=O) groups excluding carboxylic acids is 1. The predicted molar refractivity (Wildman–Crippen MR) is 82.2 cm³/mol. The molecule has 4 heteroatoms. The van der Waals surface area contributed by atoms with Crippen LogP contribution in [0.4, 0.5) is 17.2 Å². The summed E-state index contributed by atoms with van der Waals surface area (Å²) in [5.74, 6) is 0.484. The zero-order chi connectivity index (χ0) is 14.5. The third-order valence-electron chi connectivity index (χ3n) is 2.96. The van der Waals surface area contributed by atoms with Crippen LogP contribution in [0, 0.1) is 12.8 Å². The summed E-state index contributed by atoms with van der Waals surface area (Å²) in [6.07, 6.45) is 1.71. The standard InChI is InChI=1S/C16H19N3O/c1-11(2)16(20)19-15-9-8-13(10-17-15)18-14-7-5-4-6-12(14)3/h4-11,18H,1-3H3,(H,17,19,20). The van der Waals surface area contributed by atoms with Crippen molar-refractivity contribution < 1.29 is 4.79 Å². The normalized spacial score (nSPS) is 10.4. The topological polar surface area (TPSA) is 54.0 Å². The van der Waals surface area contributed by atoms with Crippen LogP contribution in [0.2, 0.25) is 0 Å². The van der Waals surface area contributed by atoms with Gasteiger partial charge in [-0.2, -0.15) is 0 Å². The van der Waals surface area contributed by atoms with Crippen LogP contribution >= 0.6 is 0 Å². The number of hydrogen-bond donors (Lipinski definition) is 2. The van der Waals surface area contributed by atoms with E-state index in [-0.39, 0.29) is 11.8 Å². The summed E-state index contributed by atoms with van der Waals surface area (Å²) < 4.78 is 0. The molecule has 104 valence electrons. The van der Waals surface area contributed by atoms with E-state index >= 15 is 0 Å². The number of aromatic nitrogens is 1. The van der Waals surface area contributed by atoms with Crippen LogP contribution < -0.4 is 10.6 Å². The van der Waals surface area contributed by atoms with E-state index in [1.54, 1.807) is 12.3 Å². The lowest BCUT2D eigenvalue weighted by atomic mass is 10.2. The van der Waals surface area contributed by atoms with Crippen molar-refractivity contribution in [1.82, 2.24) is 4.98 Å². The molecule has 1 aromatic carbocycles. The molecule has 2 aromatic rings. The van der Waals surface area contributed by atoms with E-state index in [0.29, 0.717) is 5.82 Å². The Morgan fingerprint density at radius 2 is 1.90 bits per heavy atom. The highest BCUT2D eigenvalue weighted by molar-refractivity contribution is 5.91. The van der Waals surface area contributed by atoms with Gasteiger partial charge in [0, 0.05) is 11.6 Å². The van der Waals surface area contributed by atoms with Gasteiger partial charge in [-0.05, 0) is 30.7 Å². The fourth-order valence-corrected chi connectivity index (χ4v) is 1.68. The SMILES string of the molecule is Cc1ccccc1Nc1ccc(NC(=O)C(C)C)nc1. The molecule has 0 bridgehead atoms. The van der Waals surface area contributed by atoms with Crippen LogP contribution in [0.5, 0.6) is 0 Å². The Morgan fingerprint density at radius 3 is 2.50 bits per heavy atom. The maximum absolute atomic E-state index is 11.6. The number of carbonyl (C=O) groups is 1. The van der Waals surface area contributed by atoms with Crippen molar-refractivity contribution in [3.8, 4) is 0 Å². The van der Waals surface area contributed by atoms with Gasteiger partial charge >= 0.3 is 0 Å². The number of anilines is 3. The van der Waals surface area contributed by atoms with Gasteiger partial charge in [0.05, 0.1) is 11.9 Å². The second-order valence-electron chi connectivity index (χ2n) is 5.02. The number of nitrogens with one attached hydrogen (secondary N) is 2. The minimum Gasteiger partial charge on any atom is -0.354 e. The first-order valence-electron chi connectivity index (χ1n) is 6.66. The third-order valence-corrected chi connectivity index (χ3v) is 2.96. The molecule has 0 atom stereocenters. The molecule has 0 aliphatic rings. The maximum Gasteiger partial charge on any atom is 0.228 e. The van der Waals surface area contributed by atoms with Crippen molar-refractivity contribution >= 4 is 23.1 Å². The van der Waals surface area contributed by atoms with Crippen molar-refractivity contribution in [2.24, 2.45) is 5.92 Å². The van der Waals surface area contributed by atoms with E-state index < -0.39 is 0 Å². The van der Waals surface area contributed by atoms with Crippen LogP contribution in [0.3, 0.4) is 0 Å². The van der Waals surface area contributed by atoms with E-state index in [9.17, 15) is 4.79 Å². The fraction of sp³-hybridized carbons (Fsp3) is 0.250. The number of nitrogens with zero attached hydrogens (tertiary/aromatic N) is 1. The molecule has 0 fully saturated rings. The van der Waals surface area contributed by atoms with Gasteiger partial charge in [-0.25, -0.2) is 4.98 Å². The smallest absolute Gasteiger partial charge is 0.228 e. The quantitative estimate of drug-likeness (QED) is 0.889. The molecule has 4 nitrogen and oxygen atoms in total. The summed E-state index contributed by atoms with van der Waals surface area (Å²) in [7, 11) is 0. The average Bonchev–Trinajstić information content (AvgIpc) is 2.43. The first kappa shape index (κ1) is 14.1. The van der Waals surface area contributed by atoms with Gasteiger partial charge in [-0.1, -0.05) is 32.0 Å². The molecule has 0 saturated heterocycles. The monoisotopic (exact) mass is 269 g/mol. The number of hydrogen-bond acceptors (Lipinski definition) is 3. The van der Waals surface area contributed by atoms with E-state index in [1.165, 1.54) is 5.56 Å². The molecule has 0 saturated carbocycles. The minimum absolute atomic E-state index is 0.0305. The van der Waals surface area contributed by atoms with E-state index in [4.69, 9.17) is 0 Å². The predicted octanol–water partition coefficient (Wildman–Crippen LogP) is 3.73. The molecule has 20 heavy (non-hydrogen) atoms. The molecule has 0 aliphatic carbocycles. The van der Waals surface area contributed by atoms with Crippen LogP contribution in [0.25, 0.3) is 0 Å². The summed E-state index contributed by atoms with van der Waals surface area (Å²) >= 11 is 0. The minimum atomic E-state index is -0.0541. The van der Waals surface area contributed by atoms with Gasteiger partial charge in [0.1, 0.15) is 5.82 Å². The van der Waals surface area contributed by atoms with E-state index in [0.717, 1.165) is 11.4 Å². The van der Waals surface area contributed by atoms with E-state index in [1.807, 2.05) is 51.1 Å². The van der Waals surface area contributed by atoms with Crippen molar-refractivity contribution in [1.29, 1.82) is 0 Å². The highest BCUT2D eigenvalue weighted by Crippen LogP contribution is 2.20. The summed E-state index contributed by atoms with van der Waals surface area (Å²) in [6, 6.07) is 11.7. The molecular weight excluding hydrogens is 250 g/mol. The molecule has 1 aromatic heterocycles. The molecular formula is C16H19N3O. The number of pyridine rings is 1. The third kappa shape index (κ3) is 3.57. The number of amides is 1. The average molecular weight is 269 g/mol. The number of aryl methyl sites for hydroxylation is 1. The summed E-state index contributed by atoms with van der Waals surface area (Å²) in [4.78, 5) is 15.8. The van der Waals surface area contributed by atoms with Crippen molar-refractivity contribution in [2.75, 3.05) is 10.6 Å². The Hall–Kier alpha value is -2.36. The maximum atomic E-state index is 11.6. The van der Waals surface area contributed by atoms with Crippen molar-refractivity contribution in [3.05, 3.63) is 48.2 Å². The molecule has 2 rings (SSSR count). The van der Waals surface area contributed by atoms with E-state index in [2.05, 4.69) is 15.6 Å². The lowest BCUT2D eigenvalue weighted by Crippen LogP contribution is -2.18. The fourth-order valence-electron chi connectivity index (χ4n) is 1.68. The van der Waals surface area contributed by atoms with Gasteiger partial charge in [-0.15, -0.1) is 0 Å². The number of para-hydroxylation sites is 1. The van der Waals surface area contributed by atoms with Gasteiger partial charge < -0.3 is 10.6 Å². The molecule has 0 radical (unpaired) electrons. The second-order valence-corrected chi connectivity index (χ2v) is 5.02. The highest BCUT2D eigenvalue weighted by atomic mass is 16.1. The van der Waals surface area contributed by atoms with Crippen LogP contribution in [0.1, 0.15) is 19.4 Å². The van der Waals surface area contributed by atoms with Gasteiger partial charge in [0.25, 0.3) is 0 Å². The Bertz CT molecular complexity index is 591. The number of rotatable bonds is 4. The Morgan fingerprint density at radius 1 is 1.15 bits per heavy atom. The zero-order valence-electron chi connectivity index (χ0n) is 12.0. The lowest BCUT2D eigenvalue weighted by molar-refractivity contribution is -0.118. The Kier molecular flexibility index (Phi) is 4.35. The van der Waals surface area contributed by atoms with Crippen LogP contribution in [-0.4, -0.2) is 10.9 Å². The highest BCUT2D eigenvalue weighted by Gasteiger charge is 2.07. The van der Waals surface area contributed by atoms with Crippen LogP contribution in [0.15, 0.2) is 42.6 Å². The first-order chi connectivity index (χ1) is 9.56. The molecule has 0 spiro atoms. The molecule has 0 unspecified atom stereocenters. The lowest BCUT2D eigenvalue weighted by Gasteiger charge is -2.10. The molecule has 0 aliphatic heterocycles. The summed E-state index contributed by atoms with van der Waals surface area (Å²) in [5.41, 5.74) is 3.11. The van der Waals surface area contributed by atoms with Gasteiger partial charge in [-0.3, -0.25) is 4.79 Å². The van der Waals surface area contributed by atoms with Crippen molar-refractivity contribution in [2.45, 2.75) is 20.8 Å². The first-order valence-corrected chi connectivity index (χ1v) is 6.66. The second kappa shape index (κ2) is 6.19. The number of benzene rings is 1. The summed E-state index contributed by atoms with van der Waals surface area (Å²) in [5, 5.41) is 6.07. The Balaban J connectivity index is 2.05. The van der Waals surface area contributed by atoms with Crippen LogP contribution in [-0.2, 0) is 4.79 Å². The largest absolute Gasteiger partial charge is 0.354 e. The van der Waals surface area contributed by atoms with Gasteiger partial charge in [0.15, 0.2) is 0 Å². The Labute approximate surface area is 119 Å². The molecule has 2 N–H and O–H groups in total. The van der Waals surface area contributed by atoms with Crippen molar-refractivity contribution in [3.63, 3.8) is 0 Å². The molecule has 1 heterocycles. The van der Waals surface area contributed by atoms with Gasteiger partial charge in [0.2, 0.25) is 5.91 Å². The molecule has 1 amide bonds. The summed E-state index contributed by atoms with van der Waals surface area (Å²) in [6.45, 7) is 5.75.